The minimum Gasteiger partial charge on any atom is -0.310 e. The lowest BCUT2D eigenvalue weighted by molar-refractivity contribution is 0.663. The van der Waals surface area contributed by atoms with E-state index < -0.39 is 0 Å². The van der Waals surface area contributed by atoms with Gasteiger partial charge in [-0.2, -0.15) is 0 Å². The molecule has 0 bridgehead atoms. The van der Waals surface area contributed by atoms with Gasteiger partial charge in [0.2, 0.25) is 0 Å². The molecule has 2 aliphatic carbocycles. The highest BCUT2D eigenvalue weighted by Gasteiger charge is 2.40. The summed E-state index contributed by atoms with van der Waals surface area (Å²) in [6.07, 6.45) is 0. The summed E-state index contributed by atoms with van der Waals surface area (Å²) < 4.78 is 9.79. The molecule has 17 aromatic carbocycles. The monoisotopic (exact) mass is 1440 g/mol. The zero-order chi connectivity index (χ0) is 75.2. The fourth-order valence-corrected chi connectivity index (χ4v) is 19.5. The third-order valence-electron chi connectivity index (χ3n) is 24.5. The molecule has 0 aliphatic heterocycles. The van der Waals surface area contributed by atoms with Crippen LogP contribution in [0.15, 0.2) is 394 Å². The van der Waals surface area contributed by atoms with Crippen LogP contribution < -0.4 is 4.90 Å². The van der Waals surface area contributed by atoms with E-state index in [0.717, 1.165) is 22.7 Å². The number of fused-ring (bicyclic) bond motifs is 20. The Balaban J connectivity index is 0.000000139. The molecule has 21 aromatic rings. The molecule has 0 atom stereocenters. The summed E-state index contributed by atoms with van der Waals surface area (Å²) in [5, 5.41) is 10.1. The van der Waals surface area contributed by atoms with Crippen molar-refractivity contribution in [2.75, 3.05) is 4.90 Å². The molecule has 4 aromatic heterocycles. The lowest BCUT2D eigenvalue weighted by Crippen LogP contribution is -2.16. The first-order valence-corrected chi connectivity index (χ1v) is 39.4. The molecule has 0 N–H and O–H groups in total. The van der Waals surface area contributed by atoms with Crippen molar-refractivity contribution in [3.8, 4) is 78.4 Å². The smallest absolute Gasteiger partial charge is 0.0588 e. The molecule has 0 spiro atoms. The molecule has 4 heterocycles. The molecule has 23 rings (SSSR count). The van der Waals surface area contributed by atoms with Crippen molar-refractivity contribution in [3.05, 3.63) is 417 Å². The van der Waals surface area contributed by atoms with Crippen LogP contribution in [-0.4, -0.2) is 18.3 Å². The van der Waals surface area contributed by atoms with Crippen LogP contribution in [0.25, 0.3) is 166 Å². The molecule has 0 saturated heterocycles. The van der Waals surface area contributed by atoms with Gasteiger partial charge >= 0.3 is 0 Å². The average Bonchev–Trinajstić information content (AvgIpc) is 1.54. The number of nitrogens with zero attached hydrogens (tertiary/aromatic N) is 5. The SMILES string of the molecule is CC1(C)c2ccccc2-c2ccc3c4cc(N(c5ccccc5)c5ccccc5)ccc4n(-c4ccc(-c5ccc6c(c5)c5ccccc5n6-c5ccccc5)cc4)c3c21.CC1(C)c2ccccc2-c2ccc3c4ccccc4n(-c4cccc(-c5cccc(-c6ccc7c(c6)c6ccccc6n7-c6ccccc6)c5)c4)c3c21. The van der Waals surface area contributed by atoms with Gasteiger partial charge in [0.1, 0.15) is 0 Å². The van der Waals surface area contributed by atoms with Crippen molar-refractivity contribution in [2.45, 2.75) is 38.5 Å². The van der Waals surface area contributed by atoms with E-state index >= 15 is 0 Å². The standard InChI is InChI=1S/C57H41N3.C51H36N2/c1-57(2)51-24-14-12-22-45(51)47-32-33-48-50-37-44(58(40-16-6-3-7-17-40)41-18-8-4-9-19-41)31-35-54(50)60(56(48)55(47)57)43-29-26-38(27-30-43)39-28-34-53-49(36-39)46-23-13-15-25-52(46)59(53)42-20-10-5-11-21-42;1-51(2)45-23-9-6-20-39(45)42-27-28-43-40-21-7-11-25-47(40)53(50(43)49(42)51)38-19-13-16-35(31-38)33-14-12-15-34(30-33)36-26-29-48-44(32-36)41-22-8-10-24-46(41)52(48)37-17-4-3-5-18-37/h3-37H,1-2H3;3-32H,1-2H3. The predicted molar refractivity (Wildman–Crippen MR) is 476 cm³/mol. The molecule has 0 amide bonds. The second kappa shape index (κ2) is 25.7. The van der Waals surface area contributed by atoms with E-state index in [0.29, 0.717) is 0 Å². The Bertz CT molecular complexity index is 7360. The third-order valence-corrected chi connectivity index (χ3v) is 24.5. The van der Waals surface area contributed by atoms with Crippen molar-refractivity contribution in [2.24, 2.45) is 0 Å². The number of anilines is 3. The summed E-state index contributed by atoms with van der Waals surface area (Å²) in [6.45, 7) is 9.56. The number of benzene rings is 17. The Kier molecular flexibility index (Phi) is 14.9. The van der Waals surface area contributed by atoms with Gasteiger partial charge in [0.15, 0.2) is 0 Å². The van der Waals surface area contributed by atoms with E-state index in [1.165, 1.54) is 182 Å². The van der Waals surface area contributed by atoms with Crippen LogP contribution in [0.2, 0.25) is 0 Å². The number of aromatic nitrogens is 4. The van der Waals surface area contributed by atoms with E-state index in [4.69, 9.17) is 0 Å². The molecule has 0 fully saturated rings. The normalized spacial score (nSPS) is 13.1. The largest absolute Gasteiger partial charge is 0.310 e. The van der Waals surface area contributed by atoms with Crippen LogP contribution in [-0.2, 0) is 10.8 Å². The first-order valence-electron chi connectivity index (χ1n) is 39.4. The van der Waals surface area contributed by atoms with Crippen molar-refractivity contribution in [1.82, 2.24) is 18.3 Å². The third kappa shape index (κ3) is 10.2. The van der Waals surface area contributed by atoms with Gasteiger partial charge in [-0.1, -0.05) is 282 Å². The van der Waals surface area contributed by atoms with Gasteiger partial charge in [0, 0.05) is 93.7 Å². The maximum atomic E-state index is 2.52. The van der Waals surface area contributed by atoms with E-state index in [1.807, 2.05) is 0 Å². The quantitative estimate of drug-likeness (QED) is 0.134. The fourth-order valence-electron chi connectivity index (χ4n) is 19.5. The molecule has 5 nitrogen and oxygen atoms in total. The van der Waals surface area contributed by atoms with Crippen molar-refractivity contribution in [3.63, 3.8) is 0 Å². The second-order valence-electron chi connectivity index (χ2n) is 31.5. The predicted octanol–water partition coefficient (Wildman–Crippen LogP) is 28.8. The molecular weight excluding hydrogens is 1370 g/mol. The molecule has 113 heavy (non-hydrogen) atoms. The summed E-state index contributed by atoms with van der Waals surface area (Å²) >= 11 is 0. The number of hydrogen-bond acceptors (Lipinski definition) is 1. The van der Waals surface area contributed by atoms with Gasteiger partial charge in [0.25, 0.3) is 0 Å². The van der Waals surface area contributed by atoms with Gasteiger partial charge in [-0.05, 0) is 217 Å². The Labute approximate surface area is 656 Å². The Morgan fingerprint density at radius 1 is 0.195 bits per heavy atom. The summed E-state index contributed by atoms with van der Waals surface area (Å²) in [4.78, 5) is 2.36. The van der Waals surface area contributed by atoms with E-state index in [-0.39, 0.29) is 10.8 Å². The summed E-state index contributed by atoms with van der Waals surface area (Å²) in [5.74, 6) is 0. The van der Waals surface area contributed by atoms with Crippen molar-refractivity contribution in [1.29, 1.82) is 0 Å². The van der Waals surface area contributed by atoms with Crippen LogP contribution >= 0.6 is 0 Å². The second-order valence-corrected chi connectivity index (χ2v) is 31.5. The first-order chi connectivity index (χ1) is 55.6. The Morgan fingerprint density at radius 2 is 0.540 bits per heavy atom. The van der Waals surface area contributed by atoms with E-state index in [9.17, 15) is 0 Å². The first kappa shape index (κ1) is 65.8. The number of hydrogen-bond donors (Lipinski definition) is 0. The van der Waals surface area contributed by atoms with Gasteiger partial charge in [-0.25, -0.2) is 0 Å². The van der Waals surface area contributed by atoms with Gasteiger partial charge in [-0.15, -0.1) is 0 Å². The van der Waals surface area contributed by atoms with Gasteiger partial charge in [-0.3, -0.25) is 0 Å². The highest BCUT2D eigenvalue weighted by molar-refractivity contribution is 6.17. The molecule has 0 saturated carbocycles. The van der Waals surface area contributed by atoms with Crippen LogP contribution in [0.5, 0.6) is 0 Å². The van der Waals surface area contributed by atoms with Crippen LogP contribution in [0.1, 0.15) is 49.9 Å². The Morgan fingerprint density at radius 3 is 1.06 bits per heavy atom. The molecule has 534 valence electrons. The van der Waals surface area contributed by atoms with E-state index in [1.54, 1.807) is 0 Å². The summed E-state index contributed by atoms with van der Waals surface area (Å²) in [6, 6.07) is 145. The number of para-hydroxylation sites is 7. The average molecular weight is 1440 g/mol. The molecule has 2 aliphatic rings. The fraction of sp³-hybridized carbons (Fsp3) is 0.0556. The summed E-state index contributed by atoms with van der Waals surface area (Å²) in [5.41, 5.74) is 35.7. The van der Waals surface area contributed by atoms with Crippen LogP contribution in [0.3, 0.4) is 0 Å². The lowest BCUT2D eigenvalue weighted by atomic mass is 9.81. The maximum absolute atomic E-state index is 2.52. The highest BCUT2D eigenvalue weighted by atomic mass is 15.1. The molecule has 5 heteroatoms. The van der Waals surface area contributed by atoms with Crippen molar-refractivity contribution < 1.29 is 0 Å². The molecular formula is C108H77N5. The minimum atomic E-state index is -0.186. The zero-order valence-electron chi connectivity index (χ0n) is 63.3. The van der Waals surface area contributed by atoms with Crippen LogP contribution in [0, 0.1) is 0 Å². The maximum Gasteiger partial charge on any atom is 0.0588 e. The van der Waals surface area contributed by atoms with Gasteiger partial charge < -0.3 is 23.2 Å². The van der Waals surface area contributed by atoms with E-state index in [2.05, 4.69) is 445 Å². The highest BCUT2D eigenvalue weighted by Crippen LogP contribution is 2.56. The van der Waals surface area contributed by atoms with Crippen molar-refractivity contribution >= 4 is 104 Å². The minimum absolute atomic E-state index is 0.127. The number of rotatable bonds is 10. The summed E-state index contributed by atoms with van der Waals surface area (Å²) in [7, 11) is 0. The van der Waals surface area contributed by atoms with Gasteiger partial charge in [0.05, 0.1) is 44.1 Å². The Hall–Kier alpha value is -14.3. The molecule has 0 unspecified atom stereocenters. The zero-order valence-corrected chi connectivity index (χ0v) is 63.3. The van der Waals surface area contributed by atoms with Crippen LogP contribution in [0.4, 0.5) is 17.1 Å². The topological polar surface area (TPSA) is 23.0 Å². The molecule has 0 radical (unpaired) electrons. The lowest BCUT2D eigenvalue weighted by Gasteiger charge is -2.25.